The van der Waals surface area contributed by atoms with Gasteiger partial charge in [0.05, 0.1) is 18.8 Å². The van der Waals surface area contributed by atoms with Crippen LogP contribution in [0.4, 0.5) is 4.79 Å². The lowest BCUT2D eigenvalue weighted by atomic mass is 10.0. The molecule has 5 rings (SSSR count). The predicted molar refractivity (Wildman–Crippen MR) is 120 cm³/mol. The van der Waals surface area contributed by atoms with Crippen LogP contribution in [0, 0.1) is 0 Å². The van der Waals surface area contributed by atoms with Crippen molar-refractivity contribution in [2.24, 2.45) is 0 Å². The highest BCUT2D eigenvalue weighted by Crippen LogP contribution is 2.35. The number of hydrogen-bond acceptors (Lipinski definition) is 5. The monoisotopic (exact) mass is 427 g/mol. The van der Waals surface area contributed by atoms with Gasteiger partial charge in [-0.2, -0.15) is 0 Å². The summed E-state index contributed by atoms with van der Waals surface area (Å²) in [5, 5.41) is 0. The number of amides is 1. The van der Waals surface area contributed by atoms with Crippen LogP contribution in [0.1, 0.15) is 15.9 Å². The van der Waals surface area contributed by atoms with Crippen molar-refractivity contribution in [3.05, 3.63) is 89.7 Å². The Morgan fingerprint density at radius 1 is 0.906 bits per heavy atom. The van der Waals surface area contributed by atoms with E-state index in [1.807, 2.05) is 42.5 Å². The number of rotatable bonds is 3. The maximum absolute atomic E-state index is 12.7. The number of carbonyl (C=O) groups excluding carboxylic acids is 2. The fourth-order valence-electron chi connectivity index (χ4n) is 3.70. The number of ketones is 1. The van der Waals surface area contributed by atoms with Gasteiger partial charge in [0.15, 0.2) is 5.76 Å². The van der Waals surface area contributed by atoms with Crippen LogP contribution < -0.4 is 9.47 Å². The second-order valence-corrected chi connectivity index (χ2v) is 7.55. The minimum absolute atomic E-state index is 0.196. The molecule has 1 fully saturated rings. The van der Waals surface area contributed by atoms with Crippen LogP contribution in [0.2, 0.25) is 0 Å². The molecule has 0 radical (unpaired) electrons. The van der Waals surface area contributed by atoms with E-state index in [0.717, 1.165) is 16.7 Å². The van der Waals surface area contributed by atoms with Gasteiger partial charge in [-0.3, -0.25) is 4.79 Å². The van der Waals surface area contributed by atoms with Crippen LogP contribution in [-0.4, -0.2) is 43.1 Å². The van der Waals surface area contributed by atoms with E-state index in [0.29, 0.717) is 43.4 Å². The molecule has 0 spiro atoms. The molecule has 0 bridgehead atoms. The van der Waals surface area contributed by atoms with E-state index in [2.05, 4.69) is 12.1 Å². The summed E-state index contributed by atoms with van der Waals surface area (Å²) in [6.07, 6.45) is 1.28. The molecule has 6 nitrogen and oxygen atoms in total. The van der Waals surface area contributed by atoms with Crippen LogP contribution in [0.5, 0.6) is 11.5 Å². The zero-order chi connectivity index (χ0) is 21.9. The lowest BCUT2D eigenvalue weighted by molar-refractivity contribution is 0.0416. The summed E-state index contributed by atoms with van der Waals surface area (Å²) in [4.78, 5) is 26.6. The van der Waals surface area contributed by atoms with E-state index in [-0.39, 0.29) is 11.5 Å². The number of Topliss-reactive ketones (excluding diaryl/α,β-unsaturated/α-hetero) is 1. The number of hydrogen-bond donors (Lipinski definition) is 0. The predicted octanol–water partition coefficient (Wildman–Crippen LogP) is 4.80. The summed E-state index contributed by atoms with van der Waals surface area (Å²) in [6.45, 7) is 1.98. The molecule has 2 aliphatic heterocycles. The van der Waals surface area contributed by atoms with Gasteiger partial charge in [-0.05, 0) is 34.9 Å². The number of benzene rings is 3. The molecule has 0 saturated carbocycles. The second kappa shape index (κ2) is 8.69. The van der Waals surface area contributed by atoms with Crippen molar-refractivity contribution in [2.45, 2.75) is 0 Å². The molecule has 1 amide bonds. The molecule has 3 aromatic rings. The highest BCUT2D eigenvalue weighted by Gasteiger charge is 2.28. The molecule has 0 unspecified atom stereocenters. The Morgan fingerprint density at radius 2 is 1.62 bits per heavy atom. The van der Waals surface area contributed by atoms with Gasteiger partial charge in [0.2, 0.25) is 5.78 Å². The number of carbonyl (C=O) groups is 2. The molecule has 0 atom stereocenters. The Labute approximate surface area is 185 Å². The Bertz CT molecular complexity index is 1180. The minimum atomic E-state index is -0.438. The summed E-state index contributed by atoms with van der Waals surface area (Å²) in [7, 11) is 0. The topological polar surface area (TPSA) is 65.1 Å². The zero-order valence-electron chi connectivity index (χ0n) is 17.3. The molecule has 0 N–H and O–H groups in total. The van der Waals surface area contributed by atoms with E-state index >= 15 is 0 Å². The van der Waals surface area contributed by atoms with Crippen molar-refractivity contribution in [1.29, 1.82) is 0 Å². The summed E-state index contributed by atoms with van der Waals surface area (Å²) in [5.41, 5.74) is 3.54. The number of fused-ring (bicyclic) bond motifs is 1. The average molecular weight is 427 g/mol. The normalized spacial score (nSPS) is 16.6. The van der Waals surface area contributed by atoms with E-state index < -0.39 is 6.09 Å². The standard InChI is InChI=1S/C26H21NO5/c28-25-22-11-10-21(31-26(29)27-12-14-30-15-13-27)17-23(22)32-24(25)16-18-6-8-20(9-7-18)19-4-2-1-3-5-19/h1-11,16-17H,12-15H2/b24-16-. The number of morpholine rings is 1. The third-order valence-corrected chi connectivity index (χ3v) is 5.43. The number of ether oxygens (including phenoxy) is 3. The molecule has 0 aromatic heterocycles. The number of nitrogens with zero attached hydrogens (tertiary/aromatic N) is 1. The highest BCUT2D eigenvalue weighted by atomic mass is 16.6. The lowest BCUT2D eigenvalue weighted by Crippen LogP contribution is -2.42. The van der Waals surface area contributed by atoms with Crippen LogP contribution in [0.15, 0.2) is 78.6 Å². The van der Waals surface area contributed by atoms with E-state index in [9.17, 15) is 9.59 Å². The van der Waals surface area contributed by atoms with Crippen molar-refractivity contribution in [3.63, 3.8) is 0 Å². The molecule has 0 aliphatic carbocycles. The SMILES string of the molecule is O=C1/C(=C/c2ccc(-c3ccccc3)cc2)Oc2cc(OC(=O)N3CCOCC3)ccc21. The average Bonchev–Trinajstić information content (AvgIpc) is 3.15. The summed E-state index contributed by atoms with van der Waals surface area (Å²) >= 11 is 0. The van der Waals surface area contributed by atoms with E-state index in [1.165, 1.54) is 0 Å². The Hall–Kier alpha value is -3.90. The van der Waals surface area contributed by atoms with Crippen molar-refractivity contribution >= 4 is 18.0 Å². The minimum Gasteiger partial charge on any atom is -0.452 e. The number of allylic oxidation sites excluding steroid dienone is 1. The molecule has 32 heavy (non-hydrogen) atoms. The van der Waals surface area contributed by atoms with E-state index in [1.54, 1.807) is 29.2 Å². The molecule has 160 valence electrons. The molecular weight excluding hydrogens is 406 g/mol. The van der Waals surface area contributed by atoms with Crippen LogP contribution in [-0.2, 0) is 4.74 Å². The first-order chi connectivity index (χ1) is 15.7. The van der Waals surface area contributed by atoms with Gasteiger partial charge < -0.3 is 19.1 Å². The third-order valence-electron chi connectivity index (χ3n) is 5.43. The maximum atomic E-state index is 12.7. The molecule has 6 heteroatoms. The Kier molecular flexibility index (Phi) is 5.44. The van der Waals surface area contributed by atoms with Gasteiger partial charge in [0.1, 0.15) is 11.5 Å². The van der Waals surface area contributed by atoms with Gasteiger partial charge in [-0.25, -0.2) is 4.79 Å². The van der Waals surface area contributed by atoms with E-state index in [4.69, 9.17) is 14.2 Å². The molecule has 3 aromatic carbocycles. The van der Waals surface area contributed by atoms with Crippen molar-refractivity contribution in [2.75, 3.05) is 26.3 Å². The van der Waals surface area contributed by atoms with Crippen LogP contribution >= 0.6 is 0 Å². The van der Waals surface area contributed by atoms with Gasteiger partial charge in [-0.15, -0.1) is 0 Å². The van der Waals surface area contributed by atoms with Gasteiger partial charge in [-0.1, -0.05) is 54.6 Å². The molecule has 2 aliphatic rings. The lowest BCUT2D eigenvalue weighted by Gasteiger charge is -2.25. The fourth-order valence-corrected chi connectivity index (χ4v) is 3.70. The highest BCUT2D eigenvalue weighted by molar-refractivity contribution is 6.14. The summed E-state index contributed by atoms with van der Waals surface area (Å²) in [5.74, 6) is 0.762. The first-order valence-corrected chi connectivity index (χ1v) is 10.5. The van der Waals surface area contributed by atoms with Crippen molar-refractivity contribution < 1.29 is 23.8 Å². The molecular formula is C26H21NO5. The quantitative estimate of drug-likeness (QED) is 0.562. The fraction of sp³-hybridized carbons (Fsp3) is 0.154. The van der Waals surface area contributed by atoms with Gasteiger partial charge >= 0.3 is 6.09 Å². The maximum Gasteiger partial charge on any atom is 0.415 e. The van der Waals surface area contributed by atoms with Crippen LogP contribution in [0.25, 0.3) is 17.2 Å². The first-order valence-electron chi connectivity index (χ1n) is 10.5. The summed E-state index contributed by atoms with van der Waals surface area (Å²) < 4.78 is 16.5. The van der Waals surface area contributed by atoms with Gasteiger partial charge in [0, 0.05) is 19.2 Å². The summed E-state index contributed by atoms with van der Waals surface area (Å²) in [6, 6.07) is 22.8. The van der Waals surface area contributed by atoms with Crippen molar-refractivity contribution in [1.82, 2.24) is 4.90 Å². The molecule has 2 heterocycles. The first kappa shape index (κ1) is 20.0. The molecule has 1 saturated heterocycles. The van der Waals surface area contributed by atoms with Crippen LogP contribution in [0.3, 0.4) is 0 Å². The Morgan fingerprint density at radius 3 is 2.38 bits per heavy atom. The Balaban J connectivity index is 1.30. The smallest absolute Gasteiger partial charge is 0.415 e. The zero-order valence-corrected chi connectivity index (χ0v) is 17.3. The second-order valence-electron chi connectivity index (χ2n) is 7.55. The largest absolute Gasteiger partial charge is 0.452 e. The van der Waals surface area contributed by atoms with Gasteiger partial charge in [0.25, 0.3) is 0 Å². The van der Waals surface area contributed by atoms with Crippen molar-refractivity contribution in [3.8, 4) is 22.6 Å². The third kappa shape index (κ3) is 4.13.